The summed E-state index contributed by atoms with van der Waals surface area (Å²) >= 11 is 0. The van der Waals surface area contributed by atoms with Crippen LogP contribution in [0.4, 0.5) is 0 Å². The third-order valence-corrected chi connectivity index (χ3v) is 7.55. The zero-order valence-electron chi connectivity index (χ0n) is 18.3. The molecule has 0 radical (unpaired) electrons. The van der Waals surface area contributed by atoms with Crippen LogP contribution in [0.5, 0.6) is 0 Å². The number of carbonyl (C=O) groups excluding carboxylic acids is 2. The van der Waals surface area contributed by atoms with E-state index in [1.54, 1.807) is 0 Å². The number of carbonyl (C=O) groups is 2. The summed E-state index contributed by atoms with van der Waals surface area (Å²) in [5, 5.41) is 3.07. The molecule has 0 aromatic heterocycles. The van der Waals surface area contributed by atoms with Gasteiger partial charge in [0.15, 0.2) is 0 Å². The van der Waals surface area contributed by atoms with E-state index in [1.165, 1.54) is 32.1 Å². The van der Waals surface area contributed by atoms with Crippen LogP contribution in [0.1, 0.15) is 71.6 Å². The highest BCUT2D eigenvalue weighted by molar-refractivity contribution is 5.77. The highest BCUT2D eigenvalue weighted by Gasteiger charge is 2.52. The van der Waals surface area contributed by atoms with Crippen molar-refractivity contribution in [1.82, 2.24) is 15.1 Å². The molecule has 164 valence electrons. The van der Waals surface area contributed by atoms with Gasteiger partial charge in [-0.2, -0.15) is 0 Å². The first-order chi connectivity index (χ1) is 14.0. The molecule has 2 amide bonds. The molecule has 6 heteroatoms. The lowest BCUT2D eigenvalue weighted by Gasteiger charge is -2.34. The molecular formula is C23H39N3O3. The van der Waals surface area contributed by atoms with Crippen LogP contribution >= 0.6 is 0 Å². The van der Waals surface area contributed by atoms with Gasteiger partial charge < -0.3 is 15.0 Å². The van der Waals surface area contributed by atoms with Crippen LogP contribution in [0.2, 0.25) is 0 Å². The van der Waals surface area contributed by atoms with E-state index in [0.29, 0.717) is 36.8 Å². The van der Waals surface area contributed by atoms with Crippen LogP contribution in [0.25, 0.3) is 0 Å². The first-order valence-corrected chi connectivity index (χ1v) is 12.0. The fourth-order valence-electron chi connectivity index (χ4n) is 6.27. The van der Waals surface area contributed by atoms with Gasteiger partial charge in [0.2, 0.25) is 11.8 Å². The molecule has 0 aromatic rings. The molecule has 4 fully saturated rings. The quantitative estimate of drug-likeness (QED) is 0.738. The van der Waals surface area contributed by atoms with Gasteiger partial charge in [-0.25, -0.2) is 0 Å². The van der Waals surface area contributed by atoms with Crippen LogP contribution in [0, 0.1) is 11.8 Å². The predicted octanol–water partition coefficient (Wildman–Crippen LogP) is 2.56. The Bertz CT molecular complexity index is 584. The van der Waals surface area contributed by atoms with E-state index < -0.39 is 0 Å². The molecule has 3 aliphatic heterocycles. The van der Waals surface area contributed by atoms with Crippen LogP contribution in [0.15, 0.2) is 0 Å². The fourth-order valence-corrected chi connectivity index (χ4v) is 6.27. The van der Waals surface area contributed by atoms with Crippen molar-refractivity contribution in [1.29, 1.82) is 0 Å². The molecule has 29 heavy (non-hydrogen) atoms. The standard InChI is InChI=1S/C23H39N3O3/c1-16(2)24-21(27)12-17-14-26(18-8-4-3-5-9-18)19-15-29-20(23(17)19)13-22(28)25-10-6-7-11-25/h16-20,23H,3-15H2,1-2H3,(H,24,27)/t17-,19-,20+,23-/m1/s1. The van der Waals surface area contributed by atoms with Gasteiger partial charge in [-0.15, -0.1) is 0 Å². The summed E-state index contributed by atoms with van der Waals surface area (Å²) < 4.78 is 6.24. The SMILES string of the molecule is CC(C)NC(=O)C[C@@H]1CN(C2CCCCC2)[C@@H]2CO[C@@H](CC(=O)N3CCCC3)[C@H]12. The number of likely N-dealkylation sites (tertiary alicyclic amines) is 2. The molecule has 1 aliphatic carbocycles. The Labute approximate surface area is 175 Å². The van der Waals surface area contributed by atoms with Gasteiger partial charge in [-0.3, -0.25) is 14.5 Å². The Hall–Kier alpha value is -1.14. The average Bonchev–Trinajstić information content (AvgIpc) is 3.41. The maximum absolute atomic E-state index is 12.8. The Morgan fingerprint density at radius 1 is 1.03 bits per heavy atom. The third-order valence-electron chi connectivity index (χ3n) is 7.55. The van der Waals surface area contributed by atoms with Crippen molar-refractivity contribution in [3.8, 4) is 0 Å². The number of amides is 2. The second-order valence-electron chi connectivity index (χ2n) is 9.98. The van der Waals surface area contributed by atoms with Crippen LogP contribution < -0.4 is 5.32 Å². The Morgan fingerprint density at radius 2 is 1.76 bits per heavy atom. The molecule has 1 saturated carbocycles. The van der Waals surface area contributed by atoms with Crippen molar-refractivity contribution < 1.29 is 14.3 Å². The zero-order chi connectivity index (χ0) is 20.4. The molecule has 0 aromatic carbocycles. The van der Waals surface area contributed by atoms with E-state index in [2.05, 4.69) is 10.2 Å². The van der Waals surface area contributed by atoms with E-state index in [0.717, 1.165) is 39.1 Å². The van der Waals surface area contributed by atoms with Crippen molar-refractivity contribution >= 4 is 11.8 Å². The van der Waals surface area contributed by atoms with Gasteiger partial charge in [-0.1, -0.05) is 19.3 Å². The zero-order valence-corrected chi connectivity index (χ0v) is 18.3. The second-order valence-corrected chi connectivity index (χ2v) is 9.98. The lowest BCUT2D eigenvalue weighted by Crippen LogP contribution is -2.42. The van der Waals surface area contributed by atoms with Crippen LogP contribution in [-0.2, 0) is 14.3 Å². The summed E-state index contributed by atoms with van der Waals surface area (Å²) in [7, 11) is 0. The molecule has 0 spiro atoms. The highest BCUT2D eigenvalue weighted by Crippen LogP contribution is 2.44. The third kappa shape index (κ3) is 4.79. The van der Waals surface area contributed by atoms with Crippen molar-refractivity contribution in [3.63, 3.8) is 0 Å². The van der Waals surface area contributed by atoms with E-state index in [-0.39, 0.29) is 24.0 Å². The summed E-state index contributed by atoms with van der Waals surface area (Å²) in [6.07, 6.45) is 9.77. The van der Waals surface area contributed by atoms with Crippen molar-refractivity contribution in [2.24, 2.45) is 11.8 Å². The first-order valence-electron chi connectivity index (χ1n) is 12.0. The molecule has 0 bridgehead atoms. The lowest BCUT2D eigenvalue weighted by molar-refractivity contribution is -0.133. The molecule has 3 heterocycles. The molecule has 3 saturated heterocycles. The Balaban J connectivity index is 1.46. The molecule has 4 atom stereocenters. The molecular weight excluding hydrogens is 366 g/mol. The average molecular weight is 406 g/mol. The van der Waals surface area contributed by atoms with Crippen LogP contribution in [-0.4, -0.2) is 72.1 Å². The second kappa shape index (κ2) is 9.34. The number of nitrogens with one attached hydrogen (secondary N) is 1. The summed E-state index contributed by atoms with van der Waals surface area (Å²) in [6.45, 7) is 7.53. The van der Waals surface area contributed by atoms with E-state index in [4.69, 9.17) is 4.74 Å². The largest absolute Gasteiger partial charge is 0.376 e. The molecule has 0 unspecified atom stereocenters. The summed E-state index contributed by atoms with van der Waals surface area (Å²) in [5.41, 5.74) is 0. The van der Waals surface area contributed by atoms with Crippen molar-refractivity contribution in [2.45, 2.75) is 95.9 Å². The molecule has 1 N–H and O–H groups in total. The maximum Gasteiger partial charge on any atom is 0.225 e. The molecule has 6 nitrogen and oxygen atoms in total. The van der Waals surface area contributed by atoms with Gasteiger partial charge in [0, 0.05) is 50.1 Å². The number of rotatable bonds is 6. The normalized spacial score (nSPS) is 33.4. The van der Waals surface area contributed by atoms with Gasteiger partial charge in [0.05, 0.1) is 19.1 Å². The summed E-state index contributed by atoms with van der Waals surface area (Å²) in [4.78, 5) is 30.0. The van der Waals surface area contributed by atoms with Gasteiger partial charge in [-0.05, 0) is 45.4 Å². The monoisotopic (exact) mass is 405 g/mol. The lowest BCUT2D eigenvalue weighted by atomic mass is 9.84. The first kappa shape index (κ1) is 21.1. The van der Waals surface area contributed by atoms with Crippen molar-refractivity contribution in [3.05, 3.63) is 0 Å². The summed E-state index contributed by atoms with van der Waals surface area (Å²) in [6, 6.07) is 1.18. The van der Waals surface area contributed by atoms with Gasteiger partial charge in [0.1, 0.15) is 0 Å². The van der Waals surface area contributed by atoms with Crippen LogP contribution in [0.3, 0.4) is 0 Å². The number of hydrogen-bond acceptors (Lipinski definition) is 4. The minimum atomic E-state index is -0.0291. The number of ether oxygens (including phenoxy) is 1. The topological polar surface area (TPSA) is 61.9 Å². The number of hydrogen-bond donors (Lipinski definition) is 1. The fraction of sp³-hybridized carbons (Fsp3) is 0.913. The van der Waals surface area contributed by atoms with Gasteiger partial charge in [0.25, 0.3) is 0 Å². The minimum absolute atomic E-state index is 0.0291. The highest BCUT2D eigenvalue weighted by atomic mass is 16.5. The minimum Gasteiger partial charge on any atom is -0.376 e. The smallest absolute Gasteiger partial charge is 0.225 e. The number of fused-ring (bicyclic) bond motifs is 1. The van der Waals surface area contributed by atoms with Crippen molar-refractivity contribution in [2.75, 3.05) is 26.2 Å². The maximum atomic E-state index is 12.8. The van der Waals surface area contributed by atoms with Gasteiger partial charge >= 0.3 is 0 Å². The Kier molecular flexibility index (Phi) is 6.80. The van der Waals surface area contributed by atoms with E-state index >= 15 is 0 Å². The summed E-state index contributed by atoms with van der Waals surface area (Å²) in [5.74, 6) is 0.987. The van der Waals surface area contributed by atoms with E-state index in [1.807, 2.05) is 18.7 Å². The molecule has 4 aliphatic rings. The molecule has 4 rings (SSSR count). The van der Waals surface area contributed by atoms with E-state index in [9.17, 15) is 9.59 Å². The predicted molar refractivity (Wildman–Crippen MR) is 112 cm³/mol. The number of nitrogens with zero attached hydrogens (tertiary/aromatic N) is 2. The Morgan fingerprint density at radius 3 is 2.45 bits per heavy atom.